The summed E-state index contributed by atoms with van der Waals surface area (Å²) in [5, 5.41) is 9.13. The van der Waals surface area contributed by atoms with Crippen molar-refractivity contribution >= 4 is 22.5 Å². The van der Waals surface area contributed by atoms with Crippen molar-refractivity contribution in [3.05, 3.63) is 28.4 Å². The molecule has 0 fully saturated rings. The fraction of sp³-hybridized carbons (Fsp3) is 0.462. The molecule has 0 radical (unpaired) electrons. The minimum absolute atomic E-state index is 0.434. The molecule has 1 N–H and O–H groups in total. The van der Waals surface area contributed by atoms with E-state index in [9.17, 15) is 0 Å². The van der Waals surface area contributed by atoms with Gasteiger partial charge in [-0.3, -0.25) is 5.10 Å². The minimum Gasteiger partial charge on any atom is -0.278 e. The van der Waals surface area contributed by atoms with Gasteiger partial charge in [-0.1, -0.05) is 39.3 Å². The third kappa shape index (κ3) is 1.71. The molecule has 0 aliphatic rings. The number of halogens is 1. The number of hydrogen-bond acceptors (Lipinski definition) is 1. The summed E-state index contributed by atoms with van der Waals surface area (Å²) < 4.78 is 0. The largest absolute Gasteiger partial charge is 0.278 e. The molecule has 86 valence electrons. The lowest BCUT2D eigenvalue weighted by Gasteiger charge is -2.18. The van der Waals surface area contributed by atoms with Gasteiger partial charge in [0.15, 0.2) is 0 Å². The maximum absolute atomic E-state index is 6.36. The van der Waals surface area contributed by atoms with Crippen LogP contribution in [-0.2, 0) is 0 Å². The predicted molar refractivity (Wildman–Crippen MR) is 69.3 cm³/mol. The molecule has 0 spiro atoms. The molecular formula is C13H17ClN2. The summed E-state index contributed by atoms with van der Waals surface area (Å²) in [5.41, 5.74) is 3.61. The first-order chi connectivity index (χ1) is 7.52. The number of hydrogen-bond donors (Lipinski definition) is 1. The Balaban J connectivity index is 2.85. The van der Waals surface area contributed by atoms with E-state index >= 15 is 0 Å². The van der Waals surface area contributed by atoms with E-state index in [0.29, 0.717) is 11.8 Å². The van der Waals surface area contributed by atoms with Gasteiger partial charge in [0, 0.05) is 10.4 Å². The first-order valence-electron chi connectivity index (χ1n) is 5.67. The third-order valence-electron chi connectivity index (χ3n) is 2.93. The Bertz CT molecular complexity index is 512. The Morgan fingerprint density at radius 1 is 1.12 bits per heavy atom. The van der Waals surface area contributed by atoms with E-state index in [0.717, 1.165) is 10.5 Å². The molecule has 0 bridgehead atoms. The summed E-state index contributed by atoms with van der Waals surface area (Å²) in [7, 11) is 0. The molecule has 0 amide bonds. The second-order valence-corrected chi connectivity index (χ2v) is 5.23. The number of nitrogens with zero attached hydrogens (tertiary/aromatic N) is 1. The van der Waals surface area contributed by atoms with E-state index in [-0.39, 0.29) is 0 Å². The van der Waals surface area contributed by atoms with E-state index in [1.807, 2.05) is 12.3 Å². The Morgan fingerprint density at radius 3 is 2.31 bits per heavy atom. The normalized spacial score (nSPS) is 11.9. The quantitative estimate of drug-likeness (QED) is 0.819. The van der Waals surface area contributed by atoms with Crippen LogP contribution in [0.25, 0.3) is 10.9 Å². The van der Waals surface area contributed by atoms with Gasteiger partial charge in [0.25, 0.3) is 0 Å². The van der Waals surface area contributed by atoms with Crippen molar-refractivity contribution in [2.45, 2.75) is 39.5 Å². The lowest BCUT2D eigenvalue weighted by molar-refractivity contribution is 0.798. The lowest BCUT2D eigenvalue weighted by Crippen LogP contribution is -2.00. The highest BCUT2D eigenvalue weighted by molar-refractivity contribution is 6.32. The number of aromatic nitrogens is 2. The van der Waals surface area contributed by atoms with Crippen LogP contribution < -0.4 is 0 Å². The van der Waals surface area contributed by atoms with Crippen molar-refractivity contribution < 1.29 is 0 Å². The summed E-state index contributed by atoms with van der Waals surface area (Å²) in [5.74, 6) is 0.889. The molecule has 1 heterocycles. The van der Waals surface area contributed by atoms with Crippen LogP contribution in [0.15, 0.2) is 12.3 Å². The average molecular weight is 237 g/mol. The van der Waals surface area contributed by atoms with Gasteiger partial charge in [-0.15, -0.1) is 0 Å². The van der Waals surface area contributed by atoms with Crippen molar-refractivity contribution in [2.24, 2.45) is 0 Å². The van der Waals surface area contributed by atoms with Gasteiger partial charge in [0.1, 0.15) is 0 Å². The van der Waals surface area contributed by atoms with Gasteiger partial charge in [-0.05, 0) is 29.0 Å². The molecule has 0 saturated carbocycles. The van der Waals surface area contributed by atoms with Gasteiger partial charge in [0.05, 0.1) is 11.7 Å². The van der Waals surface area contributed by atoms with Gasteiger partial charge in [-0.25, -0.2) is 0 Å². The van der Waals surface area contributed by atoms with Crippen molar-refractivity contribution in [3.8, 4) is 0 Å². The molecule has 2 rings (SSSR count). The molecule has 0 atom stereocenters. The summed E-state index contributed by atoms with van der Waals surface area (Å²) in [6.07, 6.45) is 1.90. The number of aromatic amines is 1. The number of H-pyrrole nitrogens is 1. The molecule has 0 aliphatic heterocycles. The van der Waals surface area contributed by atoms with Crippen LogP contribution in [0, 0.1) is 0 Å². The first kappa shape index (κ1) is 11.5. The van der Waals surface area contributed by atoms with Crippen molar-refractivity contribution in [2.75, 3.05) is 0 Å². The SMILES string of the molecule is CC(C)c1c(Cl)cc2[nH]ncc2c1C(C)C. The maximum atomic E-state index is 6.36. The fourth-order valence-corrected chi connectivity index (χ4v) is 2.74. The Morgan fingerprint density at radius 2 is 1.75 bits per heavy atom. The van der Waals surface area contributed by atoms with E-state index in [2.05, 4.69) is 37.9 Å². The molecule has 0 saturated heterocycles. The summed E-state index contributed by atoms with van der Waals surface area (Å²) >= 11 is 6.36. The highest BCUT2D eigenvalue weighted by Crippen LogP contribution is 2.37. The molecular weight excluding hydrogens is 220 g/mol. The lowest BCUT2D eigenvalue weighted by atomic mass is 9.88. The van der Waals surface area contributed by atoms with Crippen LogP contribution in [0.2, 0.25) is 5.02 Å². The number of benzene rings is 1. The summed E-state index contributed by atoms with van der Waals surface area (Å²) in [6, 6.07) is 1.98. The first-order valence-corrected chi connectivity index (χ1v) is 6.05. The van der Waals surface area contributed by atoms with Crippen LogP contribution in [0.1, 0.15) is 50.7 Å². The van der Waals surface area contributed by atoms with E-state index in [4.69, 9.17) is 11.6 Å². The van der Waals surface area contributed by atoms with Crippen LogP contribution in [0.4, 0.5) is 0 Å². The van der Waals surface area contributed by atoms with E-state index in [1.165, 1.54) is 16.5 Å². The number of rotatable bonds is 2. The van der Waals surface area contributed by atoms with Gasteiger partial charge in [-0.2, -0.15) is 5.10 Å². The van der Waals surface area contributed by atoms with Gasteiger partial charge in [0.2, 0.25) is 0 Å². The molecule has 1 aromatic heterocycles. The Labute approximate surface area is 101 Å². The molecule has 1 aromatic carbocycles. The van der Waals surface area contributed by atoms with Gasteiger partial charge < -0.3 is 0 Å². The zero-order chi connectivity index (χ0) is 11.9. The minimum atomic E-state index is 0.434. The number of fused-ring (bicyclic) bond motifs is 1. The number of nitrogens with one attached hydrogen (secondary N) is 1. The standard InChI is InChI=1S/C13H17ClN2/c1-7(2)12-9-6-15-16-11(9)5-10(14)13(12)8(3)4/h5-8H,1-4H3,(H,15,16). The second kappa shape index (κ2) is 4.10. The van der Waals surface area contributed by atoms with Crippen molar-refractivity contribution in [1.82, 2.24) is 10.2 Å². The van der Waals surface area contributed by atoms with E-state index in [1.54, 1.807) is 0 Å². The zero-order valence-corrected chi connectivity index (χ0v) is 10.9. The van der Waals surface area contributed by atoms with Gasteiger partial charge >= 0.3 is 0 Å². The highest BCUT2D eigenvalue weighted by Gasteiger charge is 2.18. The smallest absolute Gasteiger partial charge is 0.0668 e. The average Bonchev–Trinajstić information content (AvgIpc) is 2.61. The molecule has 0 aliphatic carbocycles. The zero-order valence-electron chi connectivity index (χ0n) is 10.1. The topological polar surface area (TPSA) is 28.7 Å². The molecule has 3 heteroatoms. The predicted octanol–water partition coefficient (Wildman–Crippen LogP) is 4.46. The Hall–Kier alpha value is -1.02. The Kier molecular flexibility index (Phi) is 2.94. The third-order valence-corrected chi connectivity index (χ3v) is 3.24. The maximum Gasteiger partial charge on any atom is 0.0668 e. The highest BCUT2D eigenvalue weighted by atomic mass is 35.5. The monoisotopic (exact) mass is 236 g/mol. The second-order valence-electron chi connectivity index (χ2n) is 4.83. The molecule has 16 heavy (non-hydrogen) atoms. The molecule has 2 nitrogen and oxygen atoms in total. The fourth-order valence-electron chi connectivity index (χ4n) is 2.31. The molecule has 2 aromatic rings. The van der Waals surface area contributed by atoms with E-state index < -0.39 is 0 Å². The van der Waals surface area contributed by atoms with Crippen molar-refractivity contribution in [3.63, 3.8) is 0 Å². The summed E-state index contributed by atoms with van der Waals surface area (Å²) in [4.78, 5) is 0. The molecule has 0 unspecified atom stereocenters. The van der Waals surface area contributed by atoms with Crippen LogP contribution in [-0.4, -0.2) is 10.2 Å². The van der Waals surface area contributed by atoms with Crippen LogP contribution in [0.3, 0.4) is 0 Å². The van der Waals surface area contributed by atoms with Crippen LogP contribution in [0.5, 0.6) is 0 Å². The van der Waals surface area contributed by atoms with Crippen LogP contribution >= 0.6 is 11.6 Å². The van der Waals surface area contributed by atoms with Crippen molar-refractivity contribution in [1.29, 1.82) is 0 Å². The summed E-state index contributed by atoms with van der Waals surface area (Å²) in [6.45, 7) is 8.76.